The minimum absolute atomic E-state index is 0.662. The quantitative estimate of drug-likeness (QED) is 0.703. The first-order chi connectivity index (χ1) is 7.25. The van der Waals surface area contributed by atoms with Crippen molar-refractivity contribution in [1.82, 2.24) is 4.98 Å². The highest BCUT2D eigenvalue weighted by molar-refractivity contribution is 6.31. The van der Waals surface area contributed by atoms with Crippen LogP contribution in [0.2, 0.25) is 5.02 Å². The predicted molar refractivity (Wildman–Crippen MR) is 63.3 cm³/mol. The summed E-state index contributed by atoms with van der Waals surface area (Å²) < 4.78 is 0. The number of fused-ring (bicyclic) bond motifs is 1. The van der Waals surface area contributed by atoms with Crippen LogP contribution in [0.1, 0.15) is 25.0 Å². The molecule has 0 N–H and O–H groups in total. The molecule has 1 aliphatic carbocycles. The maximum atomic E-state index is 5.97. The van der Waals surface area contributed by atoms with E-state index in [1.54, 1.807) is 0 Å². The lowest BCUT2D eigenvalue weighted by atomic mass is 10.1. The number of pyridine rings is 1. The molecule has 1 heterocycles. The molecule has 2 atom stereocenters. The molecule has 1 aliphatic rings. The maximum Gasteiger partial charge on any atom is 0.0515 e. The van der Waals surface area contributed by atoms with Gasteiger partial charge in [-0.25, -0.2) is 0 Å². The number of rotatable bonds is 1. The number of benzene rings is 1. The zero-order valence-corrected chi connectivity index (χ0v) is 9.33. The Morgan fingerprint density at radius 2 is 2.13 bits per heavy atom. The molecule has 2 heteroatoms. The fourth-order valence-corrected chi connectivity index (χ4v) is 2.35. The van der Waals surface area contributed by atoms with Gasteiger partial charge in [-0.2, -0.15) is 0 Å². The van der Waals surface area contributed by atoms with Crippen LogP contribution in [0.25, 0.3) is 10.8 Å². The molecule has 0 saturated heterocycles. The molecule has 0 unspecified atom stereocenters. The molecule has 0 aliphatic heterocycles. The van der Waals surface area contributed by atoms with E-state index in [1.165, 1.54) is 22.9 Å². The van der Waals surface area contributed by atoms with Crippen molar-refractivity contribution in [3.63, 3.8) is 0 Å². The maximum absolute atomic E-state index is 5.97. The molecule has 1 aromatic carbocycles. The summed E-state index contributed by atoms with van der Waals surface area (Å²) in [4.78, 5) is 4.51. The lowest BCUT2D eigenvalue weighted by Crippen LogP contribution is -1.89. The fraction of sp³-hybridized carbons (Fsp3) is 0.308. The molecule has 15 heavy (non-hydrogen) atoms. The summed E-state index contributed by atoms with van der Waals surface area (Å²) in [7, 11) is 0. The summed E-state index contributed by atoms with van der Waals surface area (Å²) in [6.45, 7) is 2.28. The summed E-state index contributed by atoms with van der Waals surface area (Å²) in [6.07, 6.45) is 3.16. The molecule has 0 bridgehead atoms. The van der Waals surface area contributed by atoms with E-state index < -0.39 is 0 Å². The van der Waals surface area contributed by atoms with Crippen LogP contribution in [0.4, 0.5) is 0 Å². The van der Waals surface area contributed by atoms with E-state index in [2.05, 4.69) is 18.0 Å². The lowest BCUT2D eigenvalue weighted by molar-refractivity contribution is 0.894. The number of halogens is 1. The molecular formula is C13H12ClN. The number of hydrogen-bond acceptors (Lipinski definition) is 1. The third-order valence-corrected chi connectivity index (χ3v) is 3.45. The van der Waals surface area contributed by atoms with Gasteiger partial charge in [-0.1, -0.05) is 24.6 Å². The Kier molecular flexibility index (Phi) is 1.96. The van der Waals surface area contributed by atoms with Crippen LogP contribution >= 0.6 is 11.6 Å². The standard InChI is InChI=1S/C13H12ClN/c1-8-6-12(8)13-11-3-2-10(14)7-9(11)4-5-15-13/h2-5,7-8,12H,6H2,1H3/t8-,12-/m1/s1. The molecule has 0 radical (unpaired) electrons. The summed E-state index contributed by atoms with van der Waals surface area (Å²) in [5.74, 6) is 1.45. The van der Waals surface area contributed by atoms with Gasteiger partial charge in [-0.15, -0.1) is 0 Å². The van der Waals surface area contributed by atoms with Crippen molar-refractivity contribution < 1.29 is 0 Å². The second kappa shape index (κ2) is 3.21. The molecule has 3 rings (SSSR count). The van der Waals surface area contributed by atoms with Crippen LogP contribution in [0.15, 0.2) is 30.5 Å². The van der Waals surface area contributed by atoms with Crippen LogP contribution in [-0.2, 0) is 0 Å². The van der Waals surface area contributed by atoms with Crippen molar-refractivity contribution in [3.8, 4) is 0 Å². The zero-order valence-electron chi connectivity index (χ0n) is 8.57. The molecular weight excluding hydrogens is 206 g/mol. The predicted octanol–water partition coefficient (Wildman–Crippen LogP) is 4.01. The van der Waals surface area contributed by atoms with E-state index in [0.29, 0.717) is 5.92 Å². The average molecular weight is 218 g/mol. The third kappa shape index (κ3) is 1.51. The van der Waals surface area contributed by atoms with Gasteiger partial charge in [0, 0.05) is 22.5 Å². The molecule has 0 amide bonds. The van der Waals surface area contributed by atoms with Gasteiger partial charge in [0.05, 0.1) is 5.69 Å². The SMILES string of the molecule is C[C@@H]1C[C@H]1c1nccc2cc(Cl)ccc12. The van der Waals surface area contributed by atoms with Gasteiger partial charge >= 0.3 is 0 Å². The molecule has 2 aromatic rings. The smallest absolute Gasteiger partial charge is 0.0515 e. The van der Waals surface area contributed by atoms with Crippen molar-refractivity contribution in [2.75, 3.05) is 0 Å². The summed E-state index contributed by atoms with van der Waals surface area (Å²) in [5, 5.41) is 3.26. The molecule has 76 valence electrons. The summed E-state index contributed by atoms with van der Waals surface area (Å²) >= 11 is 5.97. The average Bonchev–Trinajstić information content (AvgIpc) is 2.94. The van der Waals surface area contributed by atoms with Gasteiger partial charge in [0.1, 0.15) is 0 Å². The van der Waals surface area contributed by atoms with Crippen LogP contribution < -0.4 is 0 Å². The Morgan fingerprint density at radius 1 is 1.33 bits per heavy atom. The largest absolute Gasteiger partial charge is 0.260 e. The van der Waals surface area contributed by atoms with E-state index in [9.17, 15) is 0 Å². The summed E-state index contributed by atoms with van der Waals surface area (Å²) in [5.41, 5.74) is 1.25. The van der Waals surface area contributed by atoms with E-state index in [4.69, 9.17) is 11.6 Å². The van der Waals surface area contributed by atoms with Gasteiger partial charge in [-0.05, 0) is 35.9 Å². The topological polar surface area (TPSA) is 12.9 Å². The van der Waals surface area contributed by atoms with Gasteiger partial charge in [0.15, 0.2) is 0 Å². The first-order valence-corrected chi connectivity index (χ1v) is 5.67. The highest BCUT2D eigenvalue weighted by Gasteiger charge is 2.36. The van der Waals surface area contributed by atoms with E-state index in [-0.39, 0.29) is 0 Å². The Hall–Kier alpha value is -1.08. The van der Waals surface area contributed by atoms with E-state index >= 15 is 0 Å². The normalized spacial score (nSPS) is 24.4. The molecule has 1 aromatic heterocycles. The number of aromatic nitrogens is 1. The highest BCUT2D eigenvalue weighted by Crippen LogP contribution is 2.48. The minimum Gasteiger partial charge on any atom is -0.260 e. The van der Waals surface area contributed by atoms with Crippen molar-refractivity contribution in [2.45, 2.75) is 19.3 Å². The van der Waals surface area contributed by atoms with Crippen molar-refractivity contribution in [3.05, 3.63) is 41.2 Å². The van der Waals surface area contributed by atoms with Crippen molar-refractivity contribution >= 4 is 22.4 Å². The van der Waals surface area contributed by atoms with E-state index in [1.807, 2.05) is 24.4 Å². The second-order valence-electron chi connectivity index (χ2n) is 4.38. The van der Waals surface area contributed by atoms with Crippen LogP contribution in [0, 0.1) is 5.92 Å². The Labute approximate surface area is 94.1 Å². The second-order valence-corrected chi connectivity index (χ2v) is 4.82. The monoisotopic (exact) mass is 217 g/mol. The highest BCUT2D eigenvalue weighted by atomic mass is 35.5. The Morgan fingerprint density at radius 3 is 2.87 bits per heavy atom. The van der Waals surface area contributed by atoms with E-state index in [0.717, 1.165) is 10.9 Å². The number of hydrogen-bond donors (Lipinski definition) is 0. The van der Waals surface area contributed by atoms with Gasteiger partial charge in [0.25, 0.3) is 0 Å². The van der Waals surface area contributed by atoms with Crippen LogP contribution in [-0.4, -0.2) is 4.98 Å². The van der Waals surface area contributed by atoms with Gasteiger partial charge < -0.3 is 0 Å². The minimum atomic E-state index is 0.662. The molecule has 1 nitrogen and oxygen atoms in total. The molecule has 1 fully saturated rings. The lowest BCUT2D eigenvalue weighted by Gasteiger charge is -2.04. The molecule has 1 saturated carbocycles. The Bertz CT molecular complexity index is 521. The summed E-state index contributed by atoms with van der Waals surface area (Å²) in [6, 6.07) is 8.07. The van der Waals surface area contributed by atoms with Crippen molar-refractivity contribution in [2.24, 2.45) is 5.92 Å². The first-order valence-electron chi connectivity index (χ1n) is 5.30. The molecule has 0 spiro atoms. The fourth-order valence-electron chi connectivity index (χ4n) is 2.17. The number of nitrogens with zero attached hydrogens (tertiary/aromatic N) is 1. The van der Waals surface area contributed by atoms with Gasteiger partial charge in [0.2, 0.25) is 0 Å². The van der Waals surface area contributed by atoms with Crippen LogP contribution in [0.3, 0.4) is 0 Å². The van der Waals surface area contributed by atoms with Crippen LogP contribution in [0.5, 0.6) is 0 Å². The third-order valence-electron chi connectivity index (χ3n) is 3.22. The Balaban J connectivity index is 2.22. The van der Waals surface area contributed by atoms with Gasteiger partial charge in [-0.3, -0.25) is 4.98 Å². The first kappa shape index (κ1) is 9.17. The van der Waals surface area contributed by atoms with Crippen molar-refractivity contribution in [1.29, 1.82) is 0 Å². The zero-order chi connectivity index (χ0) is 10.4.